The second-order valence-corrected chi connectivity index (χ2v) is 5.58. The van der Waals surface area contributed by atoms with Gasteiger partial charge in [0.05, 0.1) is 14.2 Å². The molecule has 0 aromatic heterocycles. The van der Waals surface area contributed by atoms with E-state index in [9.17, 15) is 4.79 Å². The molecule has 1 aromatic rings. The fraction of sp³-hybridized carbons (Fsp3) is 0.562. The number of methoxy groups -OCH3 is 2. The van der Waals surface area contributed by atoms with Gasteiger partial charge >= 0.3 is 0 Å². The summed E-state index contributed by atoms with van der Waals surface area (Å²) in [7, 11) is 3.15. The second kappa shape index (κ2) is 8.52. The highest BCUT2D eigenvalue weighted by molar-refractivity contribution is 5.91. The maximum absolute atomic E-state index is 12.1. The third kappa shape index (κ3) is 6.04. The minimum absolute atomic E-state index is 0.0404. The number of nitrogens with two attached hydrogens (primary N) is 1. The van der Waals surface area contributed by atoms with Crippen molar-refractivity contribution in [1.82, 2.24) is 0 Å². The molecule has 1 atom stereocenters. The van der Waals surface area contributed by atoms with Crippen LogP contribution < -0.4 is 20.5 Å². The van der Waals surface area contributed by atoms with Crippen LogP contribution in [0.5, 0.6) is 11.5 Å². The highest BCUT2D eigenvalue weighted by Crippen LogP contribution is 2.26. The zero-order chi connectivity index (χ0) is 15.8. The van der Waals surface area contributed by atoms with Gasteiger partial charge in [0.1, 0.15) is 11.5 Å². The van der Waals surface area contributed by atoms with Gasteiger partial charge in [0.25, 0.3) is 0 Å². The number of carbonyl (C=O) groups excluding carboxylic acids is 1. The molecule has 0 unspecified atom stereocenters. The van der Waals surface area contributed by atoms with E-state index in [1.807, 2.05) is 0 Å². The van der Waals surface area contributed by atoms with Crippen molar-refractivity contribution in [2.45, 2.75) is 26.7 Å². The summed E-state index contributed by atoms with van der Waals surface area (Å²) in [6.45, 7) is 4.79. The quantitative estimate of drug-likeness (QED) is 0.773. The van der Waals surface area contributed by atoms with Gasteiger partial charge in [-0.1, -0.05) is 13.8 Å². The number of carbonyl (C=O) groups is 1. The van der Waals surface area contributed by atoms with Crippen LogP contribution >= 0.6 is 0 Å². The number of rotatable bonds is 8. The molecule has 5 nitrogen and oxygen atoms in total. The van der Waals surface area contributed by atoms with E-state index >= 15 is 0 Å². The number of nitrogens with one attached hydrogen (secondary N) is 1. The summed E-state index contributed by atoms with van der Waals surface area (Å²) in [5.74, 6) is 1.98. The zero-order valence-corrected chi connectivity index (χ0v) is 13.3. The molecule has 0 saturated heterocycles. The first kappa shape index (κ1) is 17.3. The van der Waals surface area contributed by atoms with Crippen LogP contribution in [-0.4, -0.2) is 26.7 Å². The first-order valence-corrected chi connectivity index (χ1v) is 7.21. The summed E-state index contributed by atoms with van der Waals surface area (Å²) >= 11 is 0. The topological polar surface area (TPSA) is 73.6 Å². The molecule has 0 fully saturated rings. The fourth-order valence-corrected chi connectivity index (χ4v) is 2.28. The predicted molar refractivity (Wildman–Crippen MR) is 84.8 cm³/mol. The molecule has 1 aromatic carbocycles. The summed E-state index contributed by atoms with van der Waals surface area (Å²) in [6, 6.07) is 5.29. The largest absolute Gasteiger partial charge is 0.497 e. The van der Waals surface area contributed by atoms with Gasteiger partial charge in [0.15, 0.2) is 0 Å². The van der Waals surface area contributed by atoms with Crippen LogP contribution in [0.2, 0.25) is 0 Å². The van der Waals surface area contributed by atoms with Crippen LogP contribution in [0.15, 0.2) is 18.2 Å². The monoisotopic (exact) mass is 294 g/mol. The molecular formula is C16H26N2O3. The Labute approximate surface area is 126 Å². The SMILES string of the molecule is COc1cc(NC(=O)C[C@@H](CN)CC(C)C)cc(OC)c1. The molecule has 0 aliphatic rings. The van der Waals surface area contributed by atoms with Crippen LogP contribution in [0.3, 0.4) is 0 Å². The van der Waals surface area contributed by atoms with Crippen molar-refractivity contribution in [3.63, 3.8) is 0 Å². The molecule has 0 aliphatic heterocycles. The maximum atomic E-state index is 12.1. The summed E-state index contributed by atoms with van der Waals surface area (Å²) in [5.41, 5.74) is 6.40. The number of amides is 1. The van der Waals surface area contributed by atoms with Crippen LogP contribution in [0.25, 0.3) is 0 Å². The van der Waals surface area contributed by atoms with Crippen LogP contribution in [-0.2, 0) is 4.79 Å². The van der Waals surface area contributed by atoms with Crippen molar-refractivity contribution in [2.24, 2.45) is 17.6 Å². The lowest BCUT2D eigenvalue weighted by Gasteiger charge is -2.17. The van der Waals surface area contributed by atoms with Crippen molar-refractivity contribution < 1.29 is 14.3 Å². The fourth-order valence-electron chi connectivity index (χ4n) is 2.28. The van der Waals surface area contributed by atoms with E-state index in [-0.39, 0.29) is 11.8 Å². The Balaban J connectivity index is 2.69. The predicted octanol–water partition coefficient (Wildman–Crippen LogP) is 2.65. The number of benzene rings is 1. The molecule has 0 spiro atoms. The van der Waals surface area contributed by atoms with Gasteiger partial charge in [-0.15, -0.1) is 0 Å². The number of hydrogen-bond donors (Lipinski definition) is 2. The van der Waals surface area contributed by atoms with Crippen LogP contribution in [0.4, 0.5) is 5.69 Å². The molecule has 21 heavy (non-hydrogen) atoms. The van der Waals surface area contributed by atoms with E-state index in [0.29, 0.717) is 36.1 Å². The normalized spacial score (nSPS) is 12.1. The minimum atomic E-state index is -0.0404. The number of ether oxygens (including phenoxy) is 2. The molecule has 1 amide bonds. The third-order valence-electron chi connectivity index (χ3n) is 3.25. The van der Waals surface area contributed by atoms with Gasteiger partial charge < -0.3 is 20.5 Å². The Bertz CT molecular complexity index is 439. The van der Waals surface area contributed by atoms with E-state index in [0.717, 1.165) is 6.42 Å². The summed E-state index contributed by atoms with van der Waals surface area (Å²) in [6.07, 6.45) is 1.37. The van der Waals surface area contributed by atoms with Crippen molar-refractivity contribution in [3.8, 4) is 11.5 Å². The summed E-state index contributed by atoms with van der Waals surface area (Å²) < 4.78 is 10.4. The van der Waals surface area contributed by atoms with Gasteiger partial charge in [-0.25, -0.2) is 0 Å². The molecule has 0 saturated carbocycles. The van der Waals surface area contributed by atoms with Crippen molar-refractivity contribution in [1.29, 1.82) is 0 Å². The van der Waals surface area contributed by atoms with Gasteiger partial charge in [-0.05, 0) is 24.8 Å². The van der Waals surface area contributed by atoms with Gasteiger partial charge in [-0.2, -0.15) is 0 Å². The van der Waals surface area contributed by atoms with E-state index in [1.165, 1.54) is 0 Å². The third-order valence-corrected chi connectivity index (χ3v) is 3.25. The van der Waals surface area contributed by atoms with E-state index in [1.54, 1.807) is 32.4 Å². The lowest BCUT2D eigenvalue weighted by molar-refractivity contribution is -0.117. The molecule has 0 bridgehead atoms. The van der Waals surface area contributed by atoms with Gasteiger partial charge in [0.2, 0.25) is 5.91 Å². The second-order valence-electron chi connectivity index (χ2n) is 5.58. The minimum Gasteiger partial charge on any atom is -0.497 e. The van der Waals surface area contributed by atoms with Gasteiger partial charge in [-0.3, -0.25) is 4.79 Å². The van der Waals surface area contributed by atoms with E-state index < -0.39 is 0 Å². The molecule has 0 heterocycles. The number of hydrogen-bond acceptors (Lipinski definition) is 4. The van der Waals surface area contributed by atoms with E-state index in [2.05, 4.69) is 19.2 Å². The van der Waals surface area contributed by atoms with Crippen molar-refractivity contribution in [2.75, 3.05) is 26.1 Å². The maximum Gasteiger partial charge on any atom is 0.224 e. The molecule has 3 N–H and O–H groups in total. The Morgan fingerprint density at radius 1 is 1.19 bits per heavy atom. The Kier molecular flexibility index (Phi) is 7.02. The first-order valence-electron chi connectivity index (χ1n) is 7.21. The molecular weight excluding hydrogens is 268 g/mol. The lowest BCUT2D eigenvalue weighted by atomic mass is 9.94. The Hall–Kier alpha value is -1.75. The standard InChI is InChI=1S/C16H26N2O3/c1-11(2)5-12(10-17)6-16(19)18-13-7-14(20-3)9-15(8-13)21-4/h7-9,11-12H,5-6,10,17H2,1-4H3,(H,18,19)/t12-/m0/s1. The molecule has 1 rings (SSSR count). The van der Waals surface area contributed by atoms with Crippen molar-refractivity contribution in [3.05, 3.63) is 18.2 Å². The zero-order valence-electron chi connectivity index (χ0n) is 13.3. The lowest BCUT2D eigenvalue weighted by Crippen LogP contribution is -2.23. The first-order chi connectivity index (χ1) is 9.98. The van der Waals surface area contributed by atoms with Crippen molar-refractivity contribution >= 4 is 11.6 Å². The summed E-state index contributed by atoms with van der Waals surface area (Å²) in [5, 5.41) is 2.87. The van der Waals surface area contributed by atoms with Gasteiger partial charge in [0, 0.05) is 30.3 Å². The average Bonchev–Trinajstić information content (AvgIpc) is 2.45. The Morgan fingerprint density at radius 2 is 1.76 bits per heavy atom. The van der Waals surface area contributed by atoms with Crippen LogP contribution in [0.1, 0.15) is 26.7 Å². The average molecular weight is 294 g/mol. The molecule has 118 valence electrons. The van der Waals surface area contributed by atoms with E-state index in [4.69, 9.17) is 15.2 Å². The molecule has 5 heteroatoms. The van der Waals surface area contributed by atoms with Crippen LogP contribution in [0, 0.1) is 11.8 Å². The summed E-state index contributed by atoms with van der Waals surface area (Å²) in [4.78, 5) is 12.1. The molecule has 0 aliphatic carbocycles. The molecule has 0 radical (unpaired) electrons. The smallest absolute Gasteiger partial charge is 0.224 e. The highest BCUT2D eigenvalue weighted by atomic mass is 16.5. The Morgan fingerprint density at radius 3 is 2.19 bits per heavy atom. The number of anilines is 1. The highest BCUT2D eigenvalue weighted by Gasteiger charge is 2.14.